The molecule has 1 aromatic carbocycles. The number of aromatic nitrogens is 1. The summed E-state index contributed by atoms with van der Waals surface area (Å²) >= 11 is 12.4. The molecular weight excluding hydrogens is 412 g/mol. The van der Waals surface area contributed by atoms with Gasteiger partial charge in [-0.05, 0) is 31.0 Å². The second-order valence-electron chi connectivity index (χ2n) is 5.24. The van der Waals surface area contributed by atoms with Gasteiger partial charge in [0.15, 0.2) is 0 Å². The summed E-state index contributed by atoms with van der Waals surface area (Å²) in [6, 6.07) is 5.97. The van der Waals surface area contributed by atoms with Crippen molar-refractivity contribution >= 4 is 55.6 Å². The van der Waals surface area contributed by atoms with E-state index in [0.29, 0.717) is 0 Å². The highest BCUT2D eigenvalue weighted by atomic mass is 79.9. The van der Waals surface area contributed by atoms with Gasteiger partial charge in [0.05, 0.1) is 18.4 Å². The van der Waals surface area contributed by atoms with Crippen LogP contribution >= 0.6 is 51.2 Å². The number of halogens is 1. The number of hydrogen-bond acceptors (Lipinski definition) is 5. The predicted octanol–water partition coefficient (Wildman–Crippen LogP) is 5.20. The van der Waals surface area contributed by atoms with Crippen molar-refractivity contribution in [3.8, 4) is 16.3 Å². The van der Waals surface area contributed by atoms with Crippen molar-refractivity contribution in [3.05, 3.63) is 33.7 Å². The van der Waals surface area contributed by atoms with Crippen LogP contribution < -0.4 is 4.74 Å². The van der Waals surface area contributed by atoms with Crippen molar-refractivity contribution in [1.82, 2.24) is 9.88 Å². The highest BCUT2D eigenvalue weighted by Crippen LogP contribution is 2.35. The Balaban J connectivity index is 1.68. The van der Waals surface area contributed by atoms with E-state index in [1.807, 2.05) is 18.2 Å². The summed E-state index contributed by atoms with van der Waals surface area (Å²) in [5, 5.41) is 3.08. The van der Waals surface area contributed by atoms with Gasteiger partial charge < -0.3 is 9.64 Å². The molecule has 0 spiro atoms. The summed E-state index contributed by atoms with van der Waals surface area (Å²) in [4.78, 5) is 7.04. The molecule has 1 saturated heterocycles. The van der Waals surface area contributed by atoms with E-state index in [-0.39, 0.29) is 0 Å². The lowest BCUT2D eigenvalue weighted by Crippen LogP contribution is -2.23. The summed E-state index contributed by atoms with van der Waals surface area (Å²) in [7, 11) is 1.69. The van der Waals surface area contributed by atoms with E-state index in [9.17, 15) is 0 Å². The van der Waals surface area contributed by atoms with Gasteiger partial charge >= 0.3 is 0 Å². The molecule has 3 nitrogen and oxygen atoms in total. The quantitative estimate of drug-likeness (QED) is 0.623. The first-order valence-corrected chi connectivity index (χ1v) is 10.4. The van der Waals surface area contributed by atoms with E-state index in [1.54, 1.807) is 30.2 Å². The maximum absolute atomic E-state index is 5.51. The number of thiocarbonyl (C=S) groups is 1. The molecule has 0 amide bonds. The van der Waals surface area contributed by atoms with Crippen LogP contribution in [0.3, 0.4) is 0 Å². The number of thioether (sulfide) groups is 1. The van der Waals surface area contributed by atoms with Gasteiger partial charge in [0.1, 0.15) is 15.1 Å². The highest BCUT2D eigenvalue weighted by molar-refractivity contribution is 9.10. The predicted molar refractivity (Wildman–Crippen MR) is 107 cm³/mol. The van der Waals surface area contributed by atoms with Crippen LogP contribution in [0.1, 0.15) is 18.5 Å². The van der Waals surface area contributed by atoms with Crippen LogP contribution in [0.15, 0.2) is 28.1 Å². The molecule has 0 atom stereocenters. The Hall–Kier alpha value is -0.630. The molecule has 2 heterocycles. The van der Waals surface area contributed by atoms with Crippen LogP contribution in [0.4, 0.5) is 0 Å². The fourth-order valence-electron chi connectivity index (χ4n) is 2.47. The Morgan fingerprint density at radius 3 is 2.96 bits per heavy atom. The Labute approximate surface area is 158 Å². The average molecular weight is 429 g/mol. The van der Waals surface area contributed by atoms with Crippen LogP contribution in [0.2, 0.25) is 0 Å². The highest BCUT2D eigenvalue weighted by Gasteiger charge is 2.16. The molecule has 1 fully saturated rings. The number of rotatable bonds is 4. The van der Waals surface area contributed by atoms with E-state index in [1.165, 1.54) is 12.8 Å². The third-order valence-electron chi connectivity index (χ3n) is 3.65. The third kappa shape index (κ3) is 4.26. The van der Waals surface area contributed by atoms with Crippen molar-refractivity contribution in [2.45, 2.75) is 18.6 Å². The van der Waals surface area contributed by atoms with E-state index < -0.39 is 0 Å². The molecule has 23 heavy (non-hydrogen) atoms. The largest absolute Gasteiger partial charge is 0.496 e. The molecule has 0 radical (unpaired) electrons. The van der Waals surface area contributed by atoms with Gasteiger partial charge in [0.2, 0.25) is 0 Å². The second-order valence-corrected chi connectivity index (χ2v) is 8.62. The number of ether oxygens (including phenoxy) is 1. The summed E-state index contributed by atoms with van der Waals surface area (Å²) in [6.45, 7) is 2.20. The Bertz CT molecular complexity index is 698. The number of thiazole rings is 1. The summed E-state index contributed by atoms with van der Waals surface area (Å²) in [6.07, 6.45) is 2.51. The first kappa shape index (κ1) is 17.2. The molecule has 0 aliphatic carbocycles. The number of benzene rings is 1. The molecule has 1 aliphatic heterocycles. The molecule has 0 bridgehead atoms. The first-order chi connectivity index (χ1) is 11.2. The van der Waals surface area contributed by atoms with E-state index in [4.69, 9.17) is 21.9 Å². The summed E-state index contributed by atoms with van der Waals surface area (Å²) < 4.78 is 7.46. The van der Waals surface area contributed by atoms with Crippen LogP contribution in [-0.4, -0.2) is 34.4 Å². The van der Waals surface area contributed by atoms with Crippen molar-refractivity contribution in [1.29, 1.82) is 0 Å². The van der Waals surface area contributed by atoms with Gasteiger partial charge in [-0.15, -0.1) is 11.3 Å². The zero-order valence-corrected chi connectivity index (χ0v) is 16.8. The Morgan fingerprint density at radius 1 is 1.43 bits per heavy atom. The number of methoxy groups -OCH3 is 1. The lowest BCUT2D eigenvalue weighted by atomic mass is 10.2. The molecule has 122 valence electrons. The Morgan fingerprint density at radius 2 is 2.22 bits per heavy atom. The zero-order valence-electron chi connectivity index (χ0n) is 12.8. The second kappa shape index (κ2) is 7.96. The Kier molecular flexibility index (Phi) is 5.96. The fourth-order valence-corrected chi connectivity index (χ4v) is 4.92. The van der Waals surface area contributed by atoms with Crippen molar-refractivity contribution in [2.24, 2.45) is 0 Å². The van der Waals surface area contributed by atoms with Gasteiger partial charge in [-0.2, -0.15) is 0 Å². The maximum Gasteiger partial charge on any atom is 0.136 e. The van der Waals surface area contributed by atoms with Crippen molar-refractivity contribution < 1.29 is 4.74 Å². The number of likely N-dealkylation sites (tertiary alicyclic amines) is 1. The van der Waals surface area contributed by atoms with Crippen LogP contribution in [0.5, 0.6) is 5.75 Å². The topological polar surface area (TPSA) is 25.4 Å². The van der Waals surface area contributed by atoms with E-state index in [0.717, 1.165) is 49.7 Å². The third-order valence-corrected chi connectivity index (χ3v) is 6.63. The van der Waals surface area contributed by atoms with Gasteiger partial charge in [0.25, 0.3) is 0 Å². The molecule has 1 aromatic heterocycles. The normalized spacial score (nSPS) is 14.3. The standard InChI is InChI=1S/C16H17BrN2OS3/c1-20-14-5-4-11(17)8-13(14)15-18-12(9-22-15)10-23-16(21)19-6-2-3-7-19/h4-5,8-9H,2-3,6-7,10H2,1H3. The van der Waals surface area contributed by atoms with Gasteiger partial charge in [-0.25, -0.2) is 4.98 Å². The molecule has 0 unspecified atom stereocenters. The maximum atomic E-state index is 5.51. The molecule has 1 aliphatic rings. The lowest BCUT2D eigenvalue weighted by molar-refractivity contribution is 0.416. The minimum Gasteiger partial charge on any atom is -0.496 e. The summed E-state index contributed by atoms with van der Waals surface area (Å²) in [5.41, 5.74) is 2.09. The minimum absolute atomic E-state index is 0.822. The van der Waals surface area contributed by atoms with E-state index >= 15 is 0 Å². The first-order valence-electron chi connectivity index (χ1n) is 7.37. The van der Waals surface area contributed by atoms with Gasteiger partial charge in [-0.1, -0.05) is 39.9 Å². The molecule has 7 heteroatoms. The van der Waals surface area contributed by atoms with Crippen LogP contribution in [0.25, 0.3) is 10.6 Å². The average Bonchev–Trinajstić information content (AvgIpc) is 3.24. The summed E-state index contributed by atoms with van der Waals surface area (Å²) in [5.74, 6) is 1.66. The smallest absolute Gasteiger partial charge is 0.136 e. The lowest BCUT2D eigenvalue weighted by Gasteiger charge is -2.16. The number of hydrogen-bond donors (Lipinski definition) is 0. The molecule has 3 rings (SSSR count). The van der Waals surface area contributed by atoms with Gasteiger partial charge in [-0.3, -0.25) is 0 Å². The molecular formula is C16H17BrN2OS3. The molecule has 2 aromatic rings. The zero-order chi connectivity index (χ0) is 16.2. The fraction of sp³-hybridized carbons (Fsp3) is 0.375. The van der Waals surface area contributed by atoms with Crippen LogP contribution in [-0.2, 0) is 5.75 Å². The molecule has 0 saturated carbocycles. The SMILES string of the molecule is COc1ccc(Br)cc1-c1nc(CSC(=S)N2CCCC2)cs1. The minimum atomic E-state index is 0.822. The van der Waals surface area contributed by atoms with Gasteiger partial charge in [0, 0.05) is 28.7 Å². The molecule has 0 N–H and O–H groups in total. The van der Waals surface area contributed by atoms with Crippen molar-refractivity contribution in [3.63, 3.8) is 0 Å². The number of nitrogens with zero attached hydrogens (tertiary/aromatic N) is 2. The monoisotopic (exact) mass is 428 g/mol. The van der Waals surface area contributed by atoms with E-state index in [2.05, 4.69) is 26.2 Å². The van der Waals surface area contributed by atoms with Crippen LogP contribution in [0, 0.1) is 0 Å². The van der Waals surface area contributed by atoms with Crippen molar-refractivity contribution in [2.75, 3.05) is 20.2 Å².